The Labute approximate surface area is 121 Å². The number of aryl methyl sites for hydroxylation is 1. The fraction of sp³-hybridized carbons (Fsp3) is 0.214. The van der Waals surface area contributed by atoms with Gasteiger partial charge in [0.05, 0.1) is 11.7 Å². The van der Waals surface area contributed by atoms with Crippen LogP contribution in [0.4, 0.5) is 5.69 Å². The van der Waals surface area contributed by atoms with Gasteiger partial charge < -0.3 is 5.32 Å². The van der Waals surface area contributed by atoms with Gasteiger partial charge >= 0.3 is 0 Å². The summed E-state index contributed by atoms with van der Waals surface area (Å²) in [6.45, 7) is 4.08. The molecule has 1 N–H and O–H groups in total. The van der Waals surface area contributed by atoms with Crippen LogP contribution in [0.3, 0.4) is 0 Å². The van der Waals surface area contributed by atoms with Gasteiger partial charge in [0.15, 0.2) is 0 Å². The van der Waals surface area contributed by atoms with E-state index in [-0.39, 0.29) is 6.04 Å². The fourth-order valence-electron chi connectivity index (χ4n) is 1.71. The Kier molecular flexibility index (Phi) is 4.25. The molecule has 1 aromatic heterocycles. The Morgan fingerprint density at radius 3 is 2.83 bits per heavy atom. The third-order valence-corrected chi connectivity index (χ3v) is 3.87. The van der Waals surface area contributed by atoms with Gasteiger partial charge in [0.25, 0.3) is 0 Å². The summed E-state index contributed by atoms with van der Waals surface area (Å²) in [6.07, 6.45) is 3.64. The molecule has 0 radical (unpaired) electrons. The van der Waals surface area contributed by atoms with Crippen molar-refractivity contribution in [3.8, 4) is 0 Å². The van der Waals surface area contributed by atoms with Crippen LogP contribution in [0.25, 0.3) is 0 Å². The molecule has 1 aromatic carbocycles. The summed E-state index contributed by atoms with van der Waals surface area (Å²) in [5.74, 6) is 0. The van der Waals surface area contributed by atoms with Gasteiger partial charge in [-0.25, -0.2) is 0 Å². The highest BCUT2D eigenvalue weighted by Gasteiger charge is 2.09. The van der Waals surface area contributed by atoms with Crippen molar-refractivity contribution in [3.63, 3.8) is 0 Å². The molecule has 0 aliphatic carbocycles. The lowest BCUT2D eigenvalue weighted by molar-refractivity contribution is 0.874. The van der Waals surface area contributed by atoms with Crippen molar-refractivity contribution < 1.29 is 0 Å². The Morgan fingerprint density at radius 1 is 1.39 bits per heavy atom. The molecule has 2 rings (SSSR count). The number of halogens is 2. The van der Waals surface area contributed by atoms with Crippen molar-refractivity contribution in [1.29, 1.82) is 0 Å². The number of nitrogens with zero attached hydrogens (tertiary/aromatic N) is 1. The van der Waals surface area contributed by atoms with Gasteiger partial charge in [-0.3, -0.25) is 4.98 Å². The van der Waals surface area contributed by atoms with Crippen molar-refractivity contribution in [2.75, 3.05) is 5.32 Å². The quantitative estimate of drug-likeness (QED) is 0.861. The van der Waals surface area contributed by atoms with Crippen molar-refractivity contribution in [3.05, 3.63) is 57.3 Å². The summed E-state index contributed by atoms with van der Waals surface area (Å²) < 4.78 is 1.01. The summed E-state index contributed by atoms with van der Waals surface area (Å²) >= 11 is 9.69. The Morgan fingerprint density at radius 2 is 2.17 bits per heavy atom. The molecule has 2 aromatic rings. The molecule has 18 heavy (non-hydrogen) atoms. The van der Waals surface area contributed by atoms with Crippen LogP contribution < -0.4 is 5.32 Å². The van der Waals surface area contributed by atoms with Crippen LogP contribution >= 0.6 is 27.5 Å². The molecule has 1 atom stereocenters. The van der Waals surface area contributed by atoms with Crippen LogP contribution in [0.5, 0.6) is 0 Å². The van der Waals surface area contributed by atoms with Crippen molar-refractivity contribution >= 4 is 33.2 Å². The topological polar surface area (TPSA) is 24.9 Å². The average Bonchev–Trinajstić information content (AvgIpc) is 2.37. The zero-order chi connectivity index (χ0) is 13.1. The largest absolute Gasteiger partial charge is 0.378 e. The number of rotatable bonds is 3. The maximum absolute atomic E-state index is 6.14. The minimum Gasteiger partial charge on any atom is -0.378 e. The molecule has 0 saturated carbocycles. The van der Waals surface area contributed by atoms with Crippen molar-refractivity contribution in [2.45, 2.75) is 19.9 Å². The normalized spacial score (nSPS) is 12.2. The van der Waals surface area contributed by atoms with E-state index in [4.69, 9.17) is 11.6 Å². The molecular formula is C14H14BrClN2. The molecule has 0 aliphatic rings. The maximum Gasteiger partial charge on any atom is 0.0504 e. The number of benzene rings is 1. The number of hydrogen-bond acceptors (Lipinski definition) is 2. The third kappa shape index (κ3) is 3.03. The first kappa shape index (κ1) is 13.4. The van der Waals surface area contributed by atoms with E-state index in [9.17, 15) is 0 Å². The van der Waals surface area contributed by atoms with Crippen LogP contribution in [0, 0.1) is 6.92 Å². The summed E-state index contributed by atoms with van der Waals surface area (Å²) in [5, 5.41) is 4.19. The molecule has 0 saturated heterocycles. The van der Waals surface area contributed by atoms with E-state index < -0.39 is 0 Å². The molecule has 0 aliphatic heterocycles. The first-order chi connectivity index (χ1) is 8.58. The van der Waals surface area contributed by atoms with E-state index in [2.05, 4.69) is 33.2 Å². The molecule has 0 fully saturated rings. The zero-order valence-electron chi connectivity index (χ0n) is 10.2. The molecule has 2 nitrogen and oxygen atoms in total. The second-order valence-corrected chi connectivity index (χ2v) is 5.50. The molecular weight excluding hydrogens is 312 g/mol. The average molecular weight is 326 g/mol. The number of nitrogens with one attached hydrogen (secondary N) is 1. The molecule has 0 spiro atoms. The van der Waals surface area contributed by atoms with E-state index in [0.717, 1.165) is 26.3 Å². The summed E-state index contributed by atoms with van der Waals surface area (Å²) in [5.41, 5.74) is 3.19. The second kappa shape index (κ2) is 5.72. The second-order valence-electron chi connectivity index (χ2n) is 4.23. The van der Waals surface area contributed by atoms with Crippen LogP contribution in [-0.2, 0) is 0 Å². The van der Waals surface area contributed by atoms with Crippen LogP contribution in [0.15, 0.2) is 41.1 Å². The number of anilines is 1. The lowest BCUT2D eigenvalue weighted by Crippen LogP contribution is -2.07. The Bertz CT molecular complexity index is 543. The van der Waals surface area contributed by atoms with E-state index in [1.54, 1.807) is 6.20 Å². The number of pyridine rings is 1. The minimum atomic E-state index is 0.175. The highest BCUT2D eigenvalue weighted by Crippen LogP contribution is 2.31. The summed E-state index contributed by atoms with van der Waals surface area (Å²) in [4.78, 5) is 4.12. The fourth-order valence-corrected chi connectivity index (χ4v) is 2.44. The first-order valence-corrected chi connectivity index (χ1v) is 6.87. The van der Waals surface area contributed by atoms with Crippen LogP contribution in [0.1, 0.15) is 24.1 Å². The van der Waals surface area contributed by atoms with E-state index in [1.807, 2.05) is 37.4 Å². The third-order valence-electron chi connectivity index (χ3n) is 2.80. The van der Waals surface area contributed by atoms with Gasteiger partial charge in [0.2, 0.25) is 0 Å². The molecule has 94 valence electrons. The van der Waals surface area contributed by atoms with Crippen molar-refractivity contribution in [2.24, 2.45) is 0 Å². The summed E-state index contributed by atoms with van der Waals surface area (Å²) in [7, 11) is 0. The van der Waals surface area contributed by atoms with E-state index in [0.29, 0.717) is 0 Å². The highest BCUT2D eigenvalue weighted by atomic mass is 79.9. The van der Waals surface area contributed by atoms with Gasteiger partial charge in [-0.1, -0.05) is 17.7 Å². The molecule has 1 heterocycles. The van der Waals surface area contributed by atoms with Crippen LogP contribution in [-0.4, -0.2) is 4.98 Å². The van der Waals surface area contributed by atoms with Gasteiger partial charge in [-0.15, -0.1) is 0 Å². The minimum absolute atomic E-state index is 0.175. The van der Waals surface area contributed by atoms with Gasteiger partial charge in [-0.05, 0) is 59.1 Å². The molecule has 1 unspecified atom stereocenters. The predicted molar refractivity (Wildman–Crippen MR) is 80.2 cm³/mol. The molecule has 4 heteroatoms. The summed E-state index contributed by atoms with van der Waals surface area (Å²) in [6, 6.07) is 8.11. The SMILES string of the molecule is Cc1cc(Br)c(NC(C)c2cccnc2)cc1Cl. The maximum atomic E-state index is 6.14. The Balaban J connectivity index is 2.22. The predicted octanol–water partition coefficient (Wildman–Crippen LogP) is 4.98. The van der Waals surface area contributed by atoms with E-state index in [1.165, 1.54) is 0 Å². The van der Waals surface area contributed by atoms with Gasteiger partial charge in [-0.2, -0.15) is 0 Å². The molecule has 0 bridgehead atoms. The monoisotopic (exact) mass is 324 g/mol. The Hall–Kier alpha value is -1.06. The lowest BCUT2D eigenvalue weighted by Gasteiger charge is -2.17. The zero-order valence-corrected chi connectivity index (χ0v) is 12.6. The number of hydrogen-bond donors (Lipinski definition) is 1. The van der Waals surface area contributed by atoms with Crippen LogP contribution in [0.2, 0.25) is 5.02 Å². The van der Waals surface area contributed by atoms with Crippen molar-refractivity contribution in [1.82, 2.24) is 4.98 Å². The van der Waals surface area contributed by atoms with Gasteiger partial charge in [0.1, 0.15) is 0 Å². The lowest BCUT2D eigenvalue weighted by atomic mass is 10.1. The molecule has 0 amide bonds. The standard InChI is InChI=1S/C14H14BrClN2/c1-9-6-12(15)14(7-13(9)16)18-10(2)11-4-3-5-17-8-11/h3-8,10,18H,1-2H3. The highest BCUT2D eigenvalue weighted by molar-refractivity contribution is 9.10. The number of aromatic nitrogens is 1. The smallest absolute Gasteiger partial charge is 0.0504 e. The van der Waals surface area contributed by atoms with Gasteiger partial charge in [0, 0.05) is 21.9 Å². The van der Waals surface area contributed by atoms with E-state index >= 15 is 0 Å². The first-order valence-electron chi connectivity index (χ1n) is 5.70.